The van der Waals surface area contributed by atoms with E-state index in [-0.39, 0.29) is 6.09 Å². The molecule has 0 unspecified atom stereocenters. The fourth-order valence-corrected chi connectivity index (χ4v) is 3.00. The fraction of sp³-hybridized carbons (Fsp3) is 0.611. The summed E-state index contributed by atoms with van der Waals surface area (Å²) >= 11 is 0. The van der Waals surface area contributed by atoms with E-state index in [2.05, 4.69) is 19.1 Å². The van der Waals surface area contributed by atoms with Gasteiger partial charge in [-0.25, -0.2) is 4.79 Å². The van der Waals surface area contributed by atoms with Crippen LogP contribution < -0.4 is 5.73 Å². The molecular formula is C18H28N2O2. The van der Waals surface area contributed by atoms with Crippen LogP contribution in [0.2, 0.25) is 0 Å². The Morgan fingerprint density at radius 2 is 1.77 bits per heavy atom. The second-order valence-electron chi connectivity index (χ2n) is 7.31. The molecule has 1 aromatic carbocycles. The van der Waals surface area contributed by atoms with Gasteiger partial charge in [0.1, 0.15) is 5.60 Å². The van der Waals surface area contributed by atoms with Crippen LogP contribution in [0.25, 0.3) is 0 Å². The van der Waals surface area contributed by atoms with Gasteiger partial charge in [-0.2, -0.15) is 0 Å². The average molecular weight is 304 g/mol. The first-order chi connectivity index (χ1) is 10.2. The molecule has 0 atom stereocenters. The SMILES string of the molecule is Cc1cc(C2CCN(C(=O)OC(C)(C)C)CC2)c(C)cc1N. The summed E-state index contributed by atoms with van der Waals surface area (Å²) in [5, 5.41) is 0. The van der Waals surface area contributed by atoms with E-state index >= 15 is 0 Å². The number of piperidine rings is 1. The molecular weight excluding hydrogens is 276 g/mol. The predicted octanol–water partition coefficient (Wildman–Crippen LogP) is 4.00. The van der Waals surface area contributed by atoms with E-state index in [0.29, 0.717) is 5.92 Å². The van der Waals surface area contributed by atoms with E-state index in [1.165, 1.54) is 11.1 Å². The maximum atomic E-state index is 12.1. The zero-order valence-electron chi connectivity index (χ0n) is 14.4. The first-order valence-corrected chi connectivity index (χ1v) is 8.02. The molecule has 0 aromatic heterocycles. The maximum Gasteiger partial charge on any atom is 0.410 e. The van der Waals surface area contributed by atoms with Crippen molar-refractivity contribution in [1.82, 2.24) is 4.90 Å². The molecule has 1 aromatic rings. The minimum atomic E-state index is -0.432. The third kappa shape index (κ3) is 3.93. The number of aryl methyl sites for hydroxylation is 2. The van der Waals surface area contributed by atoms with Crippen LogP contribution in [0.1, 0.15) is 56.2 Å². The molecule has 4 nitrogen and oxygen atoms in total. The van der Waals surface area contributed by atoms with Crippen molar-refractivity contribution in [2.45, 2.75) is 59.0 Å². The predicted molar refractivity (Wildman–Crippen MR) is 90.1 cm³/mol. The average Bonchev–Trinajstić information content (AvgIpc) is 2.41. The van der Waals surface area contributed by atoms with Crippen LogP contribution in [0.4, 0.5) is 10.5 Å². The van der Waals surface area contributed by atoms with Crippen LogP contribution in [-0.2, 0) is 4.74 Å². The number of benzene rings is 1. The second kappa shape index (κ2) is 6.19. The highest BCUT2D eigenvalue weighted by Gasteiger charge is 2.28. The monoisotopic (exact) mass is 304 g/mol. The molecule has 0 bridgehead atoms. The van der Waals surface area contributed by atoms with E-state index in [4.69, 9.17) is 10.5 Å². The molecule has 122 valence electrons. The van der Waals surface area contributed by atoms with Gasteiger partial charge < -0.3 is 15.4 Å². The summed E-state index contributed by atoms with van der Waals surface area (Å²) < 4.78 is 5.45. The molecule has 0 spiro atoms. The van der Waals surface area contributed by atoms with Crippen LogP contribution in [0.15, 0.2) is 12.1 Å². The molecule has 1 amide bonds. The largest absolute Gasteiger partial charge is 0.444 e. The van der Waals surface area contributed by atoms with Crippen molar-refractivity contribution in [2.75, 3.05) is 18.8 Å². The number of nitrogens with zero attached hydrogens (tertiary/aromatic N) is 1. The number of ether oxygens (including phenoxy) is 1. The fourth-order valence-electron chi connectivity index (χ4n) is 3.00. The summed E-state index contributed by atoms with van der Waals surface area (Å²) in [6.45, 7) is 11.4. The van der Waals surface area contributed by atoms with Crippen molar-refractivity contribution in [3.8, 4) is 0 Å². The van der Waals surface area contributed by atoms with E-state index in [1.54, 1.807) is 0 Å². The lowest BCUT2D eigenvalue weighted by molar-refractivity contribution is 0.0205. The lowest BCUT2D eigenvalue weighted by Gasteiger charge is -2.34. The van der Waals surface area contributed by atoms with E-state index in [0.717, 1.165) is 37.2 Å². The van der Waals surface area contributed by atoms with Gasteiger partial charge in [-0.3, -0.25) is 0 Å². The smallest absolute Gasteiger partial charge is 0.410 e. The third-order valence-corrected chi connectivity index (χ3v) is 4.24. The van der Waals surface area contributed by atoms with Crippen molar-refractivity contribution in [3.05, 3.63) is 28.8 Å². The Morgan fingerprint density at radius 3 is 2.32 bits per heavy atom. The number of nitrogens with two attached hydrogens (primary N) is 1. The molecule has 1 aliphatic rings. The summed E-state index contributed by atoms with van der Waals surface area (Å²) in [5.74, 6) is 0.498. The minimum absolute atomic E-state index is 0.198. The molecule has 1 fully saturated rings. The van der Waals surface area contributed by atoms with Gasteiger partial charge in [-0.15, -0.1) is 0 Å². The molecule has 0 saturated carbocycles. The zero-order chi connectivity index (χ0) is 16.5. The summed E-state index contributed by atoms with van der Waals surface area (Å²) in [6, 6.07) is 4.27. The van der Waals surface area contributed by atoms with Gasteiger partial charge >= 0.3 is 6.09 Å². The van der Waals surface area contributed by atoms with Crippen LogP contribution in [0.5, 0.6) is 0 Å². The number of nitrogen functional groups attached to an aromatic ring is 1. The van der Waals surface area contributed by atoms with Gasteiger partial charge in [0.15, 0.2) is 0 Å². The van der Waals surface area contributed by atoms with Crippen LogP contribution in [-0.4, -0.2) is 29.7 Å². The van der Waals surface area contributed by atoms with Crippen molar-refractivity contribution in [3.63, 3.8) is 0 Å². The van der Waals surface area contributed by atoms with Crippen LogP contribution in [0, 0.1) is 13.8 Å². The summed E-state index contributed by atoms with van der Waals surface area (Å²) in [7, 11) is 0. The van der Waals surface area contributed by atoms with Gasteiger partial charge in [0.25, 0.3) is 0 Å². The molecule has 1 saturated heterocycles. The van der Waals surface area contributed by atoms with Crippen molar-refractivity contribution < 1.29 is 9.53 Å². The van der Waals surface area contributed by atoms with Gasteiger partial charge in [0.05, 0.1) is 0 Å². The quantitative estimate of drug-likeness (QED) is 0.798. The van der Waals surface area contributed by atoms with Crippen molar-refractivity contribution in [1.29, 1.82) is 0 Å². The van der Waals surface area contributed by atoms with E-state index < -0.39 is 5.60 Å². The Hall–Kier alpha value is -1.71. The van der Waals surface area contributed by atoms with Crippen molar-refractivity contribution >= 4 is 11.8 Å². The zero-order valence-corrected chi connectivity index (χ0v) is 14.4. The number of hydrogen-bond acceptors (Lipinski definition) is 3. The second-order valence-corrected chi connectivity index (χ2v) is 7.31. The molecule has 22 heavy (non-hydrogen) atoms. The normalized spacial score (nSPS) is 16.7. The topological polar surface area (TPSA) is 55.6 Å². The molecule has 2 rings (SSSR count). The molecule has 0 radical (unpaired) electrons. The first kappa shape index (κ1) is 16.7. The minimum Gasteiger partial charge on any atom is -0.444 e. The Balaban J connectivity index is 2.01. The van der Waals surface area contributed by atoms with Gasteiger partial charge in [0, 0.05) is 18.8 Å². The number of likely N-dealkylation sites (tertiary alicyclic amines) is 1. The number of hydrogen-bond donors (Lipinski definition) is 1. The number of anilines is 1. The molecule has 1 heterocycles. The van der Waals surface area contributed by atoms with Gasteiger partial charge in [-0.05, 0) is 76.1 Å². The highest BCUT2D eigenvalue weighted by molar-refractivity contribution is 5.68. The van der Waals surface area contributed by atoms with E-state index in [1.807, 2.05) is 32.6 Å². The molecule has 0 aliphatic carbocycles. The maximum absolute atomic E-state index is 12.1. The summed E-state index contributed by atoms with van der Waals surface area (Å²) in [5.41, 5.74) is 10.1. The number of amides is 1. The molecule has 2 N–H and O–H groups in total. The van der Waals surface area contributed by atoms with E-state index in [9.17, 15) is 4.79 Å². The standard InChI is InChI=1S/C18H28N2O2/c1-12-11-16(19)13(2)10-15(12)14-6-8-20(9-7-14)17(21)22-18(3,4)5/h10-11,14H,6-9,19H2,1-5H3. The number of carbonyl (C=O) groups is 1. The Bertz CT molecular complexity index is 553. The highest BCUT2D eigenvalue weighted by atomic mass is 16.6. The lowest BCUT2D eigenvalue weighted by Crippen LogP contribution is -2.41. The molecule has 1 aliphatic heterocycles. The number of rotatable bonds is 1. The lowest BCUT2D eigenvalue weighted by atomic mass is 9.86. The Labute approximate surface area is 133 Å². The number of carbonyl (C=O) groups excluding carboxylic acids is 1. The van der Waals surface area contributed by atoms with Gasteiger partial charge in [0.2, 0.25) is 0 Å². The van der Waals surface area contributed by atoms with Crippen molar-refractivity contribution in [2.24, 2.45) is 0 Å². The van der Waals surface area contributed by atoms with Crippen LogP contribution >= 0.6 is 0 Å². The highest BCUT2D eigenvalue weighted by Crippen LogP contribution is 2.32. The van der Waals surface area contributed by atoms with Gasteiger partial charge in [-0.1, -0.05) is 6.07 Å². The summed E-state index contributed by atoms with van der Waals surface area (Å²) in [4.78, 5) is 13.9. The summed E-state index contributed by atoms with van der Waals surface area (Å²) in [6.07, 6.45) is 1.75. The Kier molecular flexibility index (Phi) is 4.69. The first-order valence-electron chi connectivity index (χ1n) is 8.02. The third-order valence-electron chi connectivity index (χ3n) is 4.24. The Morgan fingerprint density at radius 1 is 1.18 bits per heavy atom. The molecule has 4 heteroatoms. The van der Waals surface area contributed by atoms with Crippen LogP contribution in [0.3, 0.4) is 0 Å².